The second-order valence-electron chi connectivity index (χ2n) is 6.56. The number of fused-ring (bicyclic) bond motifs is 1. The van der Waals surface area contributed by atoms with Gasteiger partial charge in [0.05, 0.1) is 0 Å². The molecule has 136 valence electrons. The SMILES string of the molecule is Cc1ccnc2c1ccn2[C@@H]1O[C@H]([C@H](O)c2cccc(F)c2)[C@@H](O)[C@H]1O. The van der Waals surface area contributed by atoms with Gasteiger partial charge in [-0.3, -0.25) is 0 Å². The molecule has 0 aliphatic carbocycles. The highest BCUT2D eigenvalue weighted by Crippen LogP contribution is 2.37. The molecule has 4 rings (SSSR count). The van der Waals surface area contributed by atoms with Gasteiger partial charge in [0, 0.05) is 17.8 Å². The van der Waals surface area contributed by atoms with Crippen molar-refractivity contribution in [1.29, 1.82) is 0 Å². The molecule has 1 aliphatic rings. The fourth-order valence-corrected chi connectivity index (χ4v) is 3.45. The fourth-order valence-electron chi connectivity index (χ4n) is 3.45. The van der Waals surface area contributed by atoms with E-state index in [1.807, 2.05) is 19.1 Å². The lowest BCUT2D eigenvalue weighted by Crippen LogP contribution is -2.34. The predicted molar refractivity (Wildman–Crippen MR) is 91.8 cm³/mol. The Labute approximate surface area is 149 Å². The zero-order valence-electron chi connectivity index (χ0n) is 14.0. The molecule has 3 N–H and O–H groups in total. The van der Waals surface area contributed by atoms with Crippen molar-refractivity contribution in [1.82, 2.24) is 9.55 Å². The predicted octanol–water partition coefficient (Wildman–Crippen LogP) is 1.84. The number of aliphatic hydroxyl groups excluding tert-OH is 3. The topological polar surface area (TPSA) is 87.7 Å². The molecule has 5 atom stereocenters. The average molecular weight is 358 g/mol. The molecule has 0 unspecified atom stereocenters. The molecule has 1 aliphatic heterocycles. The highest BCUT2D eigenvalue weighted by atomic mass is 19.1. The maximum atomic E-state index is 13.4. The third kappa shape index (κ3) is 2.69. The lowest BCUT2D eigenvalue weighted by atomic mass is 9.99. The van der Waals surface area contributed by atoms with Crippen LogP contribution in [0.25, 0.3) is 11.0 Å². The lowest BCUT2D eigenvalue weighted by Gasteiger charge is -2.21. The Morgan fingerprint density at radius 2 is 2.00 bits per heavy atom. The number of rotatable bonds is 3. The van der Waals surface area contributed by atoms with E-state index in [0.29, 0.717) is 5.65 Å². The van der Waals surface area contributed by atoms with E-state index in [-0.39, 0.29) is 5.56 Å². The van der Waals surface area contributed by atoms with Crippen molar-refractivity contribution < 1.29 is 24.4 Å². The molecule has 0 spiro atoms. The Morgan fingerprint density at radius 1 is 1.19 bits per heavy atom. The molecule has 2 aromatic heterocycles. The molecule has 0 bridgehead atoms. The number of benzene rings is 1. The van der Waals surface area contributed by atoms with Crippen LogP contribution in [0, 0.1) is 12.7 Å². The zero-order chi connectivity index (χ0) is 18.4. The first-order valence-corrected chi connectivity index (χ1v) is 8.34. The summed E-state index contributed by atoms with van der Waals surface area (Å²) in [5.41, 5.74) is 1.91. The van der Waals surface area contributed by atoms with Crippen molar-refractivity contribution in [3.63, 3.8) is 0 Å². The minimum Gasteiger partial charge on any atom is -0.387 e. The Balaban J connectivity index is 1.66. The van der Waals surface area contributed by atoms with E-state index in [0.717, 1.165) is 10.9 Å². The highest BCUT2D eigenvalue weighted by molar-refractivity contribution is 5.79. The standard InChI is InChI=1S/C19H19FN2O4/c1-10-5-7-21-18-13(10)6-8-22(18)19-16(25)15(24)17(26-19)14(23)11-3-2-4-12(20)9-11/h2-9,14-17,19,23-25H,1H3/t14-,15+,16-,17-,19-/m1/s1. The number of hydrogen-bond acceptors (Lipinski definition) is 5. The molecular weight excluding hydrogens is 339 g/mol. The number of nitrogens with zero attached hydrogens (tertiary/aromatic N) is 2. The van der Waals surface area contributed by atoms with Crippen molar-refractivity contribution in [2.24, 2.45) is 0 Å². The highest BCUT2D eigenvalue weighted by Gasteiger charge is 2.47. The molecule has 26 heavy (non-hydrogen) atoms. The van der Waals surface area contributed by atoms with Crippen LogP contribution in [-0.4, -0.2) is 43.2 Å². The monoisotopic (exact) mass is 358 g/mol. The summed E-state index contributed by atoms with van der Waals surface area (Å²) in [6.07, 6.45) is -2.50. The summed E-state index contributed by atoms with van der Waals surface area (Å²) in [6, 6.07) is 9.19. The van der Waals surface area contributed by atoms with E-state index >= 15 is 0 Å². The van der Waals surface area contributed by atoms with Gasteiger partial charge in [-0.1, -0.05) is 12.1 Å². The molecule has 0 amide bonds. The molecule has 7 heteroatoms. The summed E-state index contributed by atoms with van der Waals surface area (Å²) in [5, 5.41) is 32.3. The Hall–Kier alpha value is -2.32. The van der Waals surface area contributed by atoms with Crippen LogP contribution in [-0.2, 0) is 4.74 Å². The molecule has 3 heterocycles. The minimum atomic E-state index is -1.33. The van der Waals surface area contributed by atoms with Gasteiger partial charge in [-0.25, -0.2) is 9.37 Å². The van der Waals surface area contributed by atoms with Gasteiger partial charge in [0.1, 0.15) is 35.9 Å². The van der Waals surface area contributed by atoms with E-state index in [9.17, 15) is 19.7 Å². The average Bonchev–Trinajstić information content (AvgIpc) is 3.18. The van der Waals surface area contributed by atoms with Crippen molar-refractivity contribution in [3.05, 3.63) is 65.7 Å². The van der Waals surface area contributed by atoms with Crippen LogP contribution in [0.15, 0.2) is 48.8 Å². The molecule has 0 saturated carbocycles. The second kappa shape index (κ2) is 6.44. The van der Waals surface area contributed by atoms with Crippen LogP contribution < -0.4 is 0 Å². The van der Waals surface area contributed by atoms with Gasteiger partial charge in [0.25, 0.3) is 0 Å². The second-order valence-corrected chi connectivity index (χ2v) is 6.56. The van der Waals surface area contributed by atoms with Crippen molar-refractivity contribution in [2.75, 3.05) is 0 Å². The minimum absolute atomic E-state index is 0.272. The van der Waals surface area contributed by atoms with Gasteiger partial charge in [-0.15, -0.1) is 0 Å². The molecule has 3 aromatic rings. The smallest absolute Gasteiger partial charge is 0.164 e. The van der Waals surface area contributed by atoms with Gasteiger partial charge in [-0.2, -0.15) is 0 Å². The fraction of sp³-hybridized carbons (Fsp3) is 0.316. The molecule has 6 nitrogen and oxygen atoms in total. The quantitative estimate of drug-likeness (QED) is 0.665. The first kappa shape index (κ1) is 17.1. The Kier molecular flexibility index (Phi) is 4.24. The number of aryl methyl sites for hydroxylation is 1. The number of pyridine rings is 1. The summed E-state index contributed by atoms with van der Waals surface area (Å²) in [7, 11) is 0. The molecule has 1 aromatic carbocycles. The third-order valence-corrected chi connectivity index (χ3v) is 4.88. The lowest BCUT2D eigenvalue weighted by molar-refractivity contribution is -0.0848. The van der Waals surface area contributed by atoms with Crippen LogP contribution in [0.1, 0.15) is 23.5 Å². The van der Waals surface area contributed by atoms with Crippen molar-refractivity contribution >= 4 is 11.0 Å². The normalized spacial score (nSPS) is 27.1. The van der Waals surface area contributed by atoms with E-state index in [4.69, 9.17) is 4.74 Å². The number of hydrogen-bond donors (Lipinski definition) is 3. The van der Waals surface area contributed by atoms with Gasteiger partial charge in [-0.05, 0) is 42.3 Å². The van der Waals surface area contributed by atoms with Crippen LogP contribution in [0.3, 0.4) is 0 Å². The Bertz CT molecular complexity index is 944. The van der Waals surface area contributed by atoms with Gasteiger partial charge >= 0.3 is 0 Å². The number of aromatic nitrogens is 2. The van der Waals surface area contributed by atoms with Crippen LogP contribution in [0.2, 0.25) is 0 Å². The van der Waals surface area contributed by atoms with Crippen LogP contribution in [0.5, 0.6) is 0 Å². The van der Waals surface area contributed by atoms with Crippen molar-refractivity contribution in [2.45, 2.75) is 37.6 Å². The number of aliphatic hydroxyl groups is 3. The summed E-state index contributed by atoms with van der Waals surface area (Å²) >= 11 is 0. The van der Waals surface area contributed by atoms with Crippen LogP contribution in [0.4, 0.5) is 4.39 Å². The van der Waals surface area contributed by atoms with Gasteiger partial charge < -0.3 is 24.6 Å². The molecule has 0 radical (unpaired) electrons. The summed E-state index contributed by atoms with van der Waals surface area (Å²) < 4.78 is 20.8. The summed E-state index contributed by atoms with van der Waals surface area (Å²) in [4.78, 5) is 4.32. The largest absolute Gasteiger partial charge is 0.387 e. The number of halogens is 1. The van der Waals surface area contributed by atoms with Crippen molar-refractivity contribution in [3.8, 4) is 0 Å². The summed E-state index contributed by atoms with van der Waals surface area (Å²) in [5.74, 6) is -0.498. The van der Waals surface area contributed by atoms with Crippen LogP contribution >= 0.6 is 0 Å². The molecular formula is C19H19FN2O4. The van der Waals surface area contributed by atoms with Gasteiger partial charge in [0.15, 0.2) is 6.23 Å². The Morgan fingerprint density at radius 3 is 2.77 bits per heavy atom. The van der Waals surface area contributed by atoms with Gasteiger partial charge in [0.2, 0.25) is 0 Å². The first-order valence-electron chi connectivity index (χ1n) is 8.34. The zero-order valence-corrected chi connectivity index (χ0v) is 14.0. The third-order valence-electron chi connectivity index (χ3n) is 4.88. The maximum absolute atomic E-state index is 13.4. The van der Waals surface area contributed by atoms with E-state index in [2.05, 4.69) is 4.98 Å². The van der Waals surface area contributed by atoms with E-state index in [1.54, 1.807) is 23.0 Å². The van der Waals surface area contributed by atoms with E-state index < -0.39 is 36.5 Å². The maximum Gasteiger partial charge on any atom is 0.164 e. The van der Waals surface area contributed by atoms with E-state index in [1.165, 1.54) is 18.2 Å². The number of ether oxygens (including phenoxy) is 1. The molecule has 1 saturated heterocycles. The molecule has 1 fully saturated rings. The first-order chi connectivity index (χ1) is 12.5. The summed E-state index contributed by atoms with van der Waals surface area (Å²) in [6.45, 7) is 1.95.